The monoisotopic (exact) mass is 242 g/mol. The molecule has 0 saturated carbocycles. The average Bonchev–Trinajstić information content (AvgIpc) is 2.56. The molecular weight excluding hydrogens is 239 g/mol. The van der Waals surface area contributed by atoms with Crippen LogP contribution in [-0.4, -0.2) is 20.6 Å². The Labute approximate surface area is 81.3 Å². The number of hydrogen-bond donors (Lipinski definition) is 1. The van der Waals surface area contributed by atoms with Gasteiger partial charge in [0.05, 0.1) is 5.56 Å². The molecule has 0 fully saturated rings. The van der Waals surface area contributed by atoms with Crippen molar-refractivity contribution in [3.63, 3.8) is 0 Å². The Morgan fingerprint density at radius 3 is 2.85 bits per heavy atom. The van der Waals surface area contributed by atoms with Gasteiger partial charge >= 0.3 is 0 Å². The van der Waals surface area contributed by atoms with Crippen LogP contribution in [0.15, 0.2) is 22.7 Å². The van der Waals surface area contributed by atoms with E-state index in [4.69, 9.17) is 0 Å². The molecule has 13 heavy (non-hydrogen) atoms. The van der Waals surface area contributed by atoms with Gasteiger partial charge in [-0.1, -0.05) is 15.9 Å². The second kappa shape index (κ2) is 3.21. The number of nitrogens with one attached hydrogen (secondary N) is 1. The molecule has 0 unspecified atom stereocenters. The summed E-state index contributed by atoms with van der Waals surface area (Å²) in [6.45, 7) is 0. The lowest BCUT2D eigenvalue weighted by atomic mass is 10.2. The summed E-state index contributed by atoms with van der Waals surface area (Å²) in [5.74, 6) is -0.0436. The number of nitrogens with zero attached hydrogens (tertiary/aromatic N) is 3. The maximum Gasteiger partial charge on any atom is 0.182 e. The van der Waals surface area contributed by atoms with Crippen molar-refractivity contribution in [3.05, 3.63) is 28.5 Å². The Hall–Kier alpha value is -1.30. The summed E-state index contributed by atoms with van der Waals surface area (Å²) in [6, 6.07) is 4.68. The summed E-state index contributed by atoms with van der Waals surface area (Å²) >= 11 is 3.16. The smallest absolute Gasteiger partial charge is 0.182 e. The highest BCUT2D eigenvalue weighted by Crippen LogP contribution is 2.21. The van der Waals surface area contributed by atoms with Gasteiger partial charge in [0.25, 0.3) is 0 Å². The van der Waals surface area contributed by atoms with Gasteiger partial charge < -0.3 is 0 Å². The van der Waals surface area contributed by atoms with Crippen LogP contribution in [-0.2, 0) is 0 Å². The van der Waals surface area contributed by atoms with Crippen molar-refractivity contribution in [3.8, 4) is 11.4 Å². The van der Waals surface area contributed by atoms with Gasteiger partial charge in [0.2, 0.25) is 0 Å². The standard InChI is InChI=1S/C7H4BrFN4/c8-4-1-2-5(6(9)3-4)7-10-12-13-11-7/h1-3H,(H,10,11,12,13). The minimum absolute atomic E-state index is 0.324. The van der Waals surface area contributed by atoms with Crippen molar-refractivity contribution in [2.75, 3.05) is 0 Å². The molecule has 2 aromatic rings. The Bertz CT molecular complexity index is 414. The van der Waals surface area contributed by atoms with Crippen LogP contribution in [0.25, 0.3) is 11.4 Å². The quantitative estimate of drug-likeness (QED) is 0.830. The molecule has 1 N–H and O–H groups in total. The van der Waals surface area contributed by atoms with Crippen LogP contribution in [0.3, 0.4) is 0 Å². The van der Waals surface area contributed by atoms with Crippen LogP contribution in [0.2, 0.25) is 0 Å². The summed E-state index contributed by atoms with van der Waals surface area (Å²) in [7, 11) is 0. The predicted molar refractivity (Wildman–Crippen MR) is 47.3 cm³/mol. The highest BCUT2D eigenvalue weighted by atomic mass is 79.9. The molecule has 1 heterocycles. The molecule has 0 aliphatic heterocycles. The molecule has 0 bridgehead atoms. The Morgan fingerprint density at radius 1 is 1.38 bits per heavy atom. The third-order valence-corrected chi connectivity index (χ3v) is 2.02. The van der Waals surface area contributed by atoms with Crippen LogP contribution < -0.4 is 0 Å². The van der Waals surface area contributed by atoms with E-state index in [0.29, 0.717) is 15.9 Å². The average molecular weight is 243 g/mol. The lowest BCUT2D eigenvalue weighted by Crippen LogP contribution is -1.86. The van der Waals surface area contributed by atoms with Crippen molar-refractivity contribution in [1.82, 2.24) is 20.6 Å². The number of aromatic nitrogens is 4. The van der Waals surface area contributed by atoms with Crippen LogP contribution in [0, 0.1) is 5.82 Å². The first kappa shape index (κ1) is 8.31. The number of H-pyrrole nitrogens is 1. The van der Waals surface area contributed by atoms with E-state index in [2.05, 4.69) is 36.6 Å². The Balaban J connectivity index is 2.53. The molecular formula is C7H4BrFN4. The zero-order valence-electron chi connectivity index (χ0n) is 6.33. The van der Waals surface area contributed by atoms with E-state index in [1.54, 1.807) is 12.1 Å². The van der Waals surface area contributed by atoms with Crippen LogP contribution in [0.4, 0.5) is 4.39 Å². The lowest BCUT2D eigenvalue weighted by molar-refractivity contribution is 0.629. The number of aromatic amines is 1. The molecule has 1 aromatic heterocycles. The van der Waals surface area contributed by atoms with Crippen molar-refractivity contribution in [1.29, 1.82) is 0 Å². The van der Waals surface area contributed by atoms with Crippen LogP contribution in [0.5, 0.6) is 0 Å². The molecule has 0 radical (unpaired) electrons. The third-order valence-electron chi connectivity index (χ3n) is 1.53. The van der Waals surface area contributed by atoms with Gasteiger partial charge in [-0.25, -0.2) is 9.49 Å². The van der Waals surface area contributed by atoms with E-state index in [1.807, 2.05) is 0 Å². The van der Waals surface area contributed by atoms with Gasteiger partial charge in [-0.2, -0.15) is 0 Å². The van der Waals surface area contributed by atoms with Gasteiger partial charge in [-0.05, 0) is 28.6 Å². The molecule has 0 atom stereocenters. The number of benzene rings is 1. The number of rotatable bonds is 1. The molecule has 0 aliphatic rings. The molecule has 0 spiro atoms. The molecule has 0 saturated heterocycles. The topological polar surface area (TPSA) is 54.5 Å². The summed E-state index contributed by atoms with van der Waals surface area (Å²) < 4.78 is 13.9. The maximum atomic E-state index is 13.3. The van der Waals surface area contributed by atoms with Crippen molar-refractivity contribution in [2.45, 2.75) is 0 Å². The molecule has 2 rings (SSSR count). The lowest BCUT2D eigenvalue weighted by Gasteiger charge is -1.97. The van der Waals surface area contributed by atoms with Crippen LogP contribution >= 0.6 is 15.9 Å². The van der Waals surface area contributed by atoms with Gasteiger partial charge in [-0.15, -0.1) is 5.10 Å². The molecule has 4 nitrogen and oxygen atoms in total. The first-order valence-electron chi connectivity index (χ1n) is 3.46. The van der Waals surface area contributed by atoms with Crippen molar-refractivity contribution >= 4 is 15.9 Å². The highest BCUT2D eigenvalue weighted by Gasteiger charge is 2.07. The fourth-order valence-corrected chi connectivity index (χ4v) is 1.29. The normalized spacial score (nSPS) is 10.3. The second-order valence-corrected chi connectivity index (χ2v) is 3.29. The predicted octanol–water partition coefficient (Wildman–Crippen LogP) is 1.77. The van der Waals surface area contributed by atoms with E-state index >= 15 is 0 Å². The van der Waals surface area contributed by atoms with Gasteiger partial charge in [-0.3, -0.25) is 0 Å². The van der Waals surface area contributed by atoms with Gasteiger partial charge in [0, 0.05) is 4.47 Å². The fourth-order valence-electron chi connectivity index (χ4n) is 0.955. The largest absolute Gasteiger partial charge is 0.239 e. The van der Waals surface area contributed by atoms with E-state index in [9.17, 15) is 4.39 Å². The first-order chi connectivity index (χ1) is 6.27. The van der Waals surface area contributed by atoms with E-state index in [-0.39, 0.29) is 5.82 Å². The maximum absolute atomic E-state index is 13.3. The first-order valence-corrected chi connectivity index (χ1v) is 4.26. The summed E-state index contributed by atoms with van der Waals surface area (Å²) in [5, 5.41) is 12.8. The Morgan fingerprint density at radius 2 is 2.23 bits per heavy atom. The molecule has 66 valence electrons. The minimum atomic E-state index is -0.368. The Kier molecular flexibility index (Phi) is 2.05. The highest BCUT2D eigenvalue weighted by molar-refractivity contribution is 9.10. The SMILES string of the molecule is Fc1cc(Br)ccc1-c1nnn[nH]1. The van der Waals surface area contributed by atoms with Gasteiger partial charge in [0.15, 0.2) is 5.82 Å². The van der Waals surface area contributed by atoms with E-state index < -0.39 is 0 Å². The fraction of sp³-hybridized carbons (Fsp3) is 0. The zero-order chi connectivity index (χ0) is 9.26. The van der Waals surface area contributed by atoms with E-state index in [1.165, 1.54) is 6.07 Å². The summed E-state index contributed by atoms with van der Waals surface area (Å²) in [6.07, 6.45) is 0. The third kappa shape index (κ3) is 1.57. The van der Waals surface area contributed by atoms with E-state index in [0.717, 1.165) is 0 Å². The minimum Gasteiger partial charge on any atom is -0.239 e. The number of halogens is 2. The molecule has 6 heteroatoms. The van der Waals surface area contributed by atoms with Crippen molar-refractivity contribution in [2.24, 2.45) is 0 Å². The van der Waals surface area contributed by atoms with Gasteiger partial charge in [0.1, 0.15) is 5.82 Å². The molecule has 0 amide bonds. The van der Waals surface area contributed by atoms with Crippen LogP contribution in [0.1, 0.15) is 0 Å². The summed E-state index contributed by atoms with van der Waals surface area (Å²) in [4.78, 5) is 0. The van der Waals surface area contributed by atoms with Crippen molar-refractivity contribution < 1.29 is 4.39 Å². The number of hydrogen-bond acceptors (Lipinski definition) is 3. The molecule has 0 aliphatic carbocycles. The second-order valence-electron chi connectivity index (χ2n) is 2.37. The summed E-state index contributed by atoms with van der Waals surface area (Å²) in [5.41, 5.74) is 0.355. The zero-order valence-corrected chi connectivity index (χ0v) is 7.92. The number of tetrazole rings is 1. The molecule has 1 aromatic carbocycles.